The predicted molar refractivity (Wildman–Crippen MR) is 89.8 cm³/mol. The first kappa shape index (κ1) is 15.3. The highest BCUT2D eigenvalue weighted by Gasteiger charge is 2.36. The van der Waals surface area contributed by atoms with Crippen LogP contribution in [-0.2, 0) is 0 Å². The number of rotatable bonds is 1. The van der Waals surface area contributed by atoms with Gasteiger partial charge >= 0.3 is 0 Å². The van der Waals surface area contributed by atoms with Crippen molar-refractivity contribution in [2.45, 2.75) is 44.9 Å². The number of amides is 1. The molecule has 1 heterocycles. The summed E-state index contributed by atoms with van der Waals surface area (Å²) in [5.74, 6) is -0.221. The second-order valence-corrected chi connectivity index (χ2v) is 7.64. The van der Waals surface area contributed by atoms with Crippen molar-refractivity contribution >= 4 is 28.5 Å². The van der Waals surface area contributed by atoms with E-state index in [-0.39, 0.29) is 11.7 Å². The van der Waals surface area contributed by atoms with Crippen LogP contribution in [0, 0.1) is 14.8 Å². The molecule has 0 unspecified atom stereocenters. The number of halogens is 2. The summed E-state index contributed by atoms with van der Waals surface area (Å²) in [7, 11) is 0. The first-order chi connectivity index (χ1) is 10.1. The quantitative estimate of drug-likeness (QED) is 0.629. The molecule has 0 atom stereocenters. The Labute approximate surface area is 139 Å². The van der Waals surface area contributed by atoms with Gasteiger partial charge in [-0.3, -0.25) is 4.79 Å². The fourth-order valence-corrected chi connectivity index (χ4v) is 4.53. The number of carbonyl (C=O) groups excluding carboxylic acids is 1. The lowest BCUT2D eigenvalue weighted by atomic mass is 9.68. The SMILES string of the molecule is O=C(c1ccc(F)cc1I)N1CCC2(CCCCC2)CC1. The molecule has 2 fully saturated rings. The highest BCUT2D eigenvalue weighted by Crippen LogP contribution is 2.44. The van der Waals surface area contributed by atoms with Gasteiger partial charge in [0, 0.05) is 16.7 Å². The van der Waals surface area contributed by atoms with E-state index in [4.69, 9.17) is 0 Å². The van der Waals surface area contributed by atoms with Crippen molar-refractivity contribution in [2.75, 3.05) is 13.1 Å². The Morgan fingerprint density at radius 2 is 1.76 bits per heavy atom. The Kier molecular flexibility index (Phi) is 4.52. The fraction of sp³-hybridized carbons (Fsp3) is 0.588. The zero-order valence-electron chi connectivity index (χ0n) is 12.2. The van der Waals surface area contributed by atoms with Crippen LogP contribution < -0.4 is 0 Å². The molecule has 0 aromatic heterocycles. The first-order valence-electron chi connectivity index (χ1n) is 7.84. The van der Waals surface area contributed by atoms with Gasteiger partial charge in [0.1, 0.15) is 5.82 Å². The van der Waals surface area contributed by atoms with Gasteiger partial charge in [0.25, 0.3) is 5.91 Å². The van der Waals surface area contributed by atoms with E-state index in [9.17, 15) is 9.18 Å². The average Bonchev–Trinajstić information content (AvgIpc) is 2.48. The second-order valence-electron chi connectivity index (χ2n) is 6.48. The number of likely N-dealkylation sites (tertiary alicyclic amines) is 1. The summed E-state index contributed by atoms with van der Waals surface area (Å²) >= 11 is 2.05. The van der Waals surface area contributed by atoms with Crippen molar-refractivity contribution in [2.24, 2.45) is 5.41 Å². The predicted octanol–water partition coefficient (Wildman–Crippen LogP) is 4.62. The molecule has 1 amide bonds. The van der Waals surface area contributed by atoms with Crippen molar-refractivity contribution < 1.29 is 9.18 Å². The van der Waals surface area contributed by atoms with E-state index in [1.165, 1.54) is 44.2 Å². The minimum atomic E-state index is -0.282. The van der Waals surface area contributed by atoms with Gasteiger partial charge < -0.3 is 4.90 Å². The molecule has 1 aromatic rings. The lowest BCUT2D eigenvalue weighted by Gasteiger charge is -2.44. The molecule has 0 radical (unpaired) electrons. The molecule has 1 saturated carbocycles. The van der Waals surface area contributed by atoms with Crippen LogP contribution in [0.3, 0.4) is 0 Å². The van der Waals surface area contributed by atoms with Gasteiger partial charge in [-0.1, -0.05) is 19.3 Å². The van der Waals surface area contributed by atoms with E-state index in [0.29, 0.717) is 14.5 Å². The van der Waals surface area contributed by atoms with Crippen LogP contribution in [0.1, 0.15) is 55.3 Å². The number of hydrogen-bond donors (Lipinski definition) is 0. The molecule has 1 aliphatic carbocycles. The highest BCUT2D eigenvalue weighted by molar-refractivity contribution is 14.1. The third-order valence-electron chi connectivity index (χ3n) is 5.19. The van der Waals surface area contributed by atoms with Crippen LogP contribution >= 0.6 is 22.6 Å². The molecule has 1 spiro atoms. The normalized spacial score (nSPS) is 21.5. The summed E-state index contributed by atoms with van der Waals surface area (Å²) in [6.07, 6.45) is 9.02. The van der Waals surface area contributed by atoms with Crippen LogP contribution in [0.15, 0.2) is 18.2 Å². The number of carbonyl (C=O) groups is 1. The molecular weight excluding hydrogens is 380 g/mol. The Morgan fingerprint density at radius 3 is 2.38 bits per heavy atom. The summed E-state index contributed by atoms with van der Waals surface area (Å²) < 4.78 is 13.9. The van der Waals surface area contributed by atoms with Crippen molar-refractivity contribution in [3.8, 4) is 0 Å². The van der Waals surface area contributed by atoms with Crippen LogP contribution in [0.5, 0.6) is 0 Å². The standard InChI is InChI=1S/C17H21FINO/c18-13-4-5-14(15(19)12-13)16(21)20-10-8-17(9-11-20)6-2-1-3-7-17/h4-5,12H,1-3,6-11H2. The van der Waals surface area contributed by atoms with Crippen molar-refractivity contribution in [1.29, 1.82) is 0 Å². The van der Waals surface area contributed by atoms with Gasteiger partial charge in [-0.2, -0.15) is 0 Å². The second kappa shape index (κ2) is 6.23. The van der Waals surface area contributed by atoms with Crippen molar-refractivity contribution in [1.82, 2.24) is 4.90 Å². The van der Waals surface area contributed by atoms with E-state index in [2.05, 4.69) is 0 Å². The van der Waals surface area contributed by atoms with E-state index < -0.39 is 0 Å². The maximum absolute atomic E-state index is 13.2. The van der Waals surface area contributed by atoms with Crippen LogP contribution in [0.4, 0.5) is 4.39 Å². The largest absolute Gasteiger partial charge is 0.339 e. The molecule has 0 N–H and O–H groups in total. The Hall–Kier alpha value is -0.650. The zero-order chi connectivity index (χ0) is 14.9. The Balaban J connectivity index is 1.67. The van der Waals surface area contributed by atoms with Gasteiger partial charge in [0.15, 0.2) is 0 Å². The Morgan fingerprint density at radius 1 is 1.10 bits per heavy atom. The minimum Gasteiger partial charge on any atom is -0.339 e. The van der Waals surface area contributed by atoms with Crippen LogP contribution in [0.2, 0.25) is 0 Å². The summed E-state index contributed by atoms with van der Waals surface area (Å²) in [4.78, 5) is 14.6. The molecule has 1 aromatic carbocycles. The number of piperidine rings is 1. The van der Waals surface area contributed by atoms with Crippen molar-refractivity contribution in [3.63, 3.8) is 0 Å². The van der Waals surface area contributed by atoms with Gasteiger partial charge in [-0.25, -0.2) is 4.39 Å². The highest BCUT2D eigenvalue weighted by atomic mass is 127. The fourth-order valence-electron chi connectivity index (χ4n) is 3.82. The van der Waals surface area contributed by atoms with Gasteiger partial charge in [0.05, 0.1) is 5.56 Å². The summed E-state index contributed by atoms with van der Waals surface area (Å²) in [6, 6.07) is 4.42. The molecule has 1 saturated heterocycles. The smallest absolute Gasteiger partial charge is 0.254 e. The maximum Gasteiger partial charge on any atom is 0.254 e. The van der Waals surface area contributed by atoms with Gasteiger partial charge in [-0.05, 0) is 71.9 Å². The summed E-state index contributed by atoms with van der Waals surface area (Å²) in [6.45, 7) is 1.71. The van der Waals surface area contributed by atoms with Crippen LogP contribution in [-0.4, -0.2) is 23.9 Å². The molecule has 114 valence electrons. The van der Waals surface area contributed by atoms with E-state index in [0.717, 1.165) is 25.9 Å². The third-order valence-corrected chi connectivity index (χ3v) is 6.08. The zero-order valence-corrected chi connectivity index (χ0v) is 14.4. The number of benzene rings is 1. The van der Waals surface area contributed by atoms with Crippen LogP contribution in [0.25, 0.3) is 0 Å². The van der Waals surface area contributed by atoms with E-state index in [1.807, 2.05) is 27.5 Å². The Bertz CT molecular complexity index is 530. The lowest BCUT2D eigenvalue weighted by molar-refractivity contribution is 0.0471. The molecule has 3 rings (SSSR count). The van der Waals surface area contributed by atoms with Crippen molar-refractivity contribution in [3.05, 3.63) is 33.1 Å². The lowest BCUT2D eigenvalue weighted by Crippen LogP contribution is -2.44. The first-order valence-corrected chi connectivity index (χ1v) is 8.92. The molecule has 0 bridgehead atoms. The summed E-state index contributed by atoms with van der Waals surface area (Å²) in [5.41, 5.74) is 1.14. The topological polar surface area (TPSA) is 20.3 Å². The molecule has 1 aliphatic heterocycles. The molecule has 21 heavy (non-hydrogen) atoms. The van der Waals surface area contributed by atoms with Gasteiger partial charge in [-0.15, -0.1) is 0 Å². The maximum atomic E-state index is 13.2. The number of hydrogen-bond acceptors (Lipinski definition) is 1. The van der Waals surface area contributed by atoms with Gasteiger partial charge in [0.2, 0.25) is 0 Å². The average molecular weight is 401 g/mol. The molecule has 2 nitrogen and oxygen atoms in total. The van der Waals surface area contributed by atoms with E-state index >= 15 is 0 Å². The minimum absolute atomic E-state index is 0.0602. The third kappa shape index (κ3) is 3.25. The van der Waals surface area contributed by atoms with E-state index in [1.54, 1.807) is 6.07 Å². The molecular formula is C17H21FINO. The summed E-state index contributed by atoms with van der Waals surface area (Å²) in [5, 5.41) is 0. The molecule has 4 heteroatoms. The number of nitrogens with zero attached hydrogens (tertiary/aromatic N) is 1. The molecule has 2 aliphatic rings. The monoisotopic (exact) mass is 401 g/mol.